The lowest BCUT2D eigenvalue weighted by Gasteiger charge is -2.17. The van der Waals surface area contributed by atoms with Gasteiger partial charge in [-0.15, -0.1) is 0 Å². The van der Waals surface area contributed by atoms with Gasteiger partial charge in [-0.25, -0.2) is 4.98 Å². The molecule has 1 aliphatic rings. The summed E-state index contributed by atoms with van der Waals surface area (Å²) >= 11 is 0. The summed E-state index contributed by atoms with van der Waals surface area (Å²) in [5.74, 6) is 1.41. The molecule has 27 heavy (non-hydrogen) atoms. The smallest absolute Gasteiger partial charge is 0.282 e. The zero-order valence-electron chi connectivity index (χ0n) is 15.1. The van der Waals surface area contributed by atoms with Gasteiger partial charge in [0, 0.05) is 25.2 Å². The first kappa shape index (κ1) is 18.6. The molecule has 0 radical (unpaired) electrons. The largest absolute Gasteiger partial charge is 0.476 e. The van der Waals surface area contributed by atoms with Crippen molar-refractivity contribution < 1.29 is 14.5 Å². The summed E-state index contributed by atoms with van der Waals surface area (Å²) in [5.41, 5.74) is -0.200. The summed E-state index contributed by atoms with van der Waals surface area (Å²) in [5, 5.41) is 13.6. The van der Waals surface area contributed by atoms with E-state index < -0.39 is 10.8 Å². The van der Waals surface area contributed by atoms with Gasteiger partial charge in [0.25, 0.3) is 11.6 Å². The fourth-order valence-corrected chi connectivity index (χ4v) is 2.95. The van der Waals surface area contributed by atoms with Crippen LogP contribution in [-0.4, -0.2) is 47.0 Å². The zero-order chi connectivity index (χ0) is 19.2. The van der Waals surface area contributed by atoms with Crippen LogP contribution in [0.2, 0.25) is 0 Å². The normalized spacial score (nSPS) is 13.4. The van der Waals surface area contributed by atoms with E-state index in [-0.39, 0.29) is 24.4 Å². The number of nitro benzene ring substituents is 1. The van der Waals surface area contributed by atoms with Crippen LogP contribution < -0.4 is 15.0 Å². The minimum absolute atomic E-state index is 0.0247. The van der Waals surface area contributed by atoms with Crippen molar-refractivity contribution in [1.82, 2.24) is 15.3 Å². The molecule has 1 aromatic heterocycles. The number of benzene rings is 1. The number of ether oxygens (including phenoxy) is 1. The minimum Gasteiger partial charge on any atom is -0.476 e. The molecule has 1 fully saturated rings. The molecule has 0 unspecified atom stereocenters. The number of nitrogens with zero attached hydrogens (tertiary/aromatic N) is 4. The number of carbonyl (C=O) groups excluding carboxylic acids is 1. The van der Waals surface area contributed by atoms with Crippen LogP contribution in [0.4, 0.5) is 11.5 Å². The van der Waals surface area contributed by atoms with Crippen LogP contribution in [0.25, 0.3) is 0 Å². The van der Waals surface area contributed by atoms with Gasteiger partial charge in [-0.2, -0.15) is 4.98 Å². The molecule has 1 aromatic carbocycles. The van der Waals surface area contributed by atoms with Gasteiger partial charge in [0.1, 0.15) is 23.8 Å². The Labute approximate surface area is 156 Å². The Morgan fingerprint density at radius 1 is 1.30 bits per heavy atom. The SMILES string of the molecule is Cc1nc(OCCNC(=O)c2ccccc2[N+](=O)[O-])cc(N2CCCC2)n1. The fraction of sp³-hybridized carbons (Fsp3) is 0.389. The number of para-hydroxylation sites is 1. The number of anilines is 1. The van der Waals surface area contributed by atoms with Gasteiger partial charge in [-0.05, 0) is 25.8 Å². The molecular formula is C18H21N5O4. The van der Waals surface area contributed by atoms with E-state index in [0.29, 0.717) is 11.7 Å². The van der Waals surface area contributed by atoms with Crippen LogP contribution in [0.15, 0.2) is 30.3 Å². The fourth-order valence-electron chi connectivity index (χ4n) is 2.95. The number of rotatable bonds is 7. The highest BCUT2D eigenvalue weighted by Crippen LogP contribution is 2.21. The van der Waals surface area contributed by atoms with Crippen molar-refractivity contribution in [3.63, 3.8) is 0 Å². The summed E-state index contributed by atoms with van der Waals surface area (Å²) in [6, 6.07) is 7.62. The molecule has 3 rings (SSSR count). The number of nitrogens with one attached hydrogen (secondary N) is 1. The van der Waals surface area contributed by atoms with Crippen molar-refractivity contribution in [3.05, 3.63) is 51.8 Å². The van der Waals surface area contributed by atoms with Crippen LogP contribution in [0.1, 0.15) is 29.0 Å². The molecule has 2 heterocycles. The average molecular weight is 371 g/mol. The maximum Gasteiger partial charge on any atom is 0.282 e. The van der Waals surface area contributed by atoms with Crippen molar-refractivity contribution >= 4 is 17.4 Å². The van der Waals surface area contributed by atoms with Crippen molar-refractivity contribution in [2.45, 2.75) is 19.8 Å². The Morgan fingerprint density at radius 3 is 2.78 bits per heavy atom. The van der Waals surface area contributed by atoms with Gasteiger partial charge in [-0.1, -0.05) is 12.1 Å². The minimum atomic E-state index is -0.574. The van der Waals surface area contributed by atoms with E-state index in [1.807, 2.05) is 6.92 Å². The van der Waals surface area contributed by atoms with Crippen LogP contribution in [0, 0.1) is 17.0 Å². The van der Waals surface area contributed by atoms with Crippen molar-refractivity contribution in [3.8, 4) is 5.88 Å². The van der Waals surface area contributed by atoms with Crippen LogP contribution >= 0.6 is 0 Å². The van der Waals surface area contributed by atoms with E-state index in [9.17, 15) is 14.9 Å². The highest BCUT2D eigenvalue weighted by atomic mass is 16.6. The number of hydrogen-bond acceptors (Lipinski definition) is 7. The van der Waals surface area contributed by atoms with Crippen LogP contribution in [-0.2, 0) is 0 Å². The molecule has 0 spiro atoms. The number of aryl methyl sites for hydroxylation is 1. The third-order valence-corrected chi connectivity index (χ3v) is 4.21. The van der Waals surface area contributed by atoms with Gasteiger partial charge in [0.15, 0.2) is 0 Å². The van der Waals surface area contributed by atoms with Gasteiger partial charge in [-0.3, -0.25) is 14.9 Å². The van der Waals surface area contributed by atoms with Crippen LogP contribution in [0.3, 0.4) is 0 Å². The highest BCUT2D eigenvalue weighted by molar-refractivity contribution is 5.98. The molecule has 142 valence electrons. The lowest BCUT2D eigenvalue weighted by molar-refractivity contribution is -0.385. The zero-order valence-corrected chi connectivity index (χ0v) is 15.1. The molecule has 0 saturated carbocycles. The highest BCUT2D eigenvalue weighted by Gasteiger charge is 2.19. The summed E-state index contributed by atoms with van der Waals surface area (Å²) in [4.78, 5) is 33.5. The van der Waals surface area contributed by atoms with Gasteiger partial charge < -0.3 is 15.0 Å². The topological polar surface area (TPSA) is 110 Å². The Hall–Kier alpha value is -3.23. The molecule has 9 nitrogen and oxygen atoms in total. The summed E-state index contributed by atoms with van der Waals surface area (Å²) in [6.45, 7) is 4.15. The first-order valence-corrected chi connectivity index (χ1v) is 8.79. The van der Waals surface area contributed by atoms with Crippen molar-refractivity contribution in [2.75, 3.05) is 31.1 Å². The van der Waals surface area contributed by atoms with Crippen molar-refractivity contribution in [2.24, 2.45) is 0 Å². The Morgan fingerprint density at radius 2 is 2.04 bits per heavy atom. The quantitative estimate of drug-likeness (QED) is 0.451. The van der Waals surface area contributed by atoms with E-state index in [0.717, 1.165) is 31.7 Å². The first-order valence-electron chi connectivity index (χ1n) is 8.79. The number of nitro groups is 1. The monoisotopic (exact) mass is 371 g/mol. The number of aromatic nitrogens is 2. The summed E-state index contributed by atoms with van der Waals surface area (Å²) in [7, 11) is 0. The average Bonchev–Trinajstić information content (AvgIpc) is 3.19. The maximum absolute atomic E-state index is 12.2. The van der Waals surface area contributed by atoms with E-state index in [2.05, 4.69) is 20.2 Å². The molecule has 1 amide bonds. The standard InChI is InChI=1S/C18H21N5O4/c1-13-20-16(22-9-4-5-10-22)12-17(21-13)27-11-8-19-18(24)14-6-2-3-7-15(14)23(25)26/h2-3,6-7,12H,4-5,8-11H2,1H3,(H,19,24). The lowest BCUT2D eigenvalue weighted by Crippen LogP contribution is -2.28. The van der Waals surface area contributed by atoms with Gasteiger partial charge in [0.2, 0.25) is 5.88 Å². The molecule has 0 aliphatic carbocycles. The Balaban J connectivity index is 1.54. The predicted molar refractivity (Wildman–Crippen MR) is 99.1 cm³/mol. The number of hydrogen-bond donors (Lipinski definition) is 1. The van der Waals surface area contributed by atoms with Gasteiger partial charge >= 0.3 is 0 Å². The maximum atomic E-state index is 12.2. The Bertz CT molecular complexity index is 836. The second kappa shape index (κ2) is 8.43. The molecule has 1 saturated heterocycles. The molecule has 1 N–H and O–H groups in total. The van der Waals surface area contributed by atoms with E-state index in [1.54, 1.807) is 12.1 Å². The second-order valence-corrected chi connectivity index (χ2v) is 6.18. The molecule has 2 aromatic rings. The second-order valence-electron chi connectivity index (χ2n) is 6.18. The third kappa shape index (κ3) is 4.69. The first-order chi connectivity index (χ1) is 13.0. The molecular weight excluding hydrogens is 350 g/mol. The molecule has 0 bridgehead atoms. The van der Waals surface area contributed by atoms with E-state index in [1.165, 1.54) is 18.2 Å². The van der Waals surface area contributed by atoms with E-state index >= 15 is 0 Å². The molecule has 0 atom stereocenters. The predicted octanol–water partition coefficient (Wildman–Crippen LogP) is 2.10. The molecule has 1 aliphatic heterocycles. The lowest BCUT2D eigenvalue weighted by atomic mass is 10.1. The number of amides is 1. The number of carbonyl (C=O) groups is 1. The third-order valence-electron chi connectivity index (χ3n) is 4.21. The summed E-state index contributed by atoms with van der Waals surface area (Å²) in [6.07, 6.45) is 2.30. The van der Waals surface area contributed by atoms with Gasteiger partial charge in [0.05, 0.1) is 11.5 Å². The molecule has 9 heteroatoms. The Kier molecular flexibility index (Phi) is 5.80. The summed E-state index contributed by atoms with van der Waals surface area (Å²) < 4.78 is 5.62. The van der Waals surface area contributed by atoms with E-state index in [4.69, 9.17) is 4.74 Å². The van der Waals surface area contributed by atoms with Crippen molar-refractivity contribution in [1.29, 1.82) is 0 Å². The van der Waals surface area contributed by atoms with Crippen LogP contribution in [0.5, 0.6) is 5.88 Å².